The maximum Gasteiger partial charge on any atom is 0.336 e. The highest BCUT2D eigenvalue weighted by Gasteiger charge is 2.11. The summed E-state index contributed by atoms with van der Waals surface area (Å²) in [5, 5.41) is 19.0. The van der Waals surface area contributed by atoms with Crippen molar-refractivity contribution in [3.8, 4) is 11.5 Å². The van der Waals surface area contributed by atoms with E-state index in [1.165, 1.54) is 6.07 Å². The number of hydrogen-bond donors (Lipinski definition) is 2. The van der Waals surface area contributed by atoms with E-state index < -0.39 is 5.97 Å². The molecule has 0 saturated carbocycles. The Morgan fingerprint density at radius 2 is 1.90 bits per heavy atom. The first kappa shape index (κ1) is 14.7. The molecule has 2 rings (SSSR count). The second-order valence-corrected chi connectivity index (χ2v) is 4.39. The van der Waals surface area contributed by atoms with Gasteiger partial charge in [0.15, 0.2) is 11.5 Å². The molecule has 0 atom stereocenters. The summed E-state index contributed by atoms with van der Waals surface area (Å²) >= 11 is 0. The Morgan fingerprint density at radius 1 is 1.19 bits per heavy atom. The van der Waals surface area contributed by atoms with Crippen molar-refractivity contribution >= 4 is 17.6 Å². The van der Waals surface area contributed by atoms with E-state index in [0.29, 0.717) is 23.5 Å². The van der Waals surface area contributed by atoms with E-state index >= 15 is 0 Å². The van der Waals surface area contributed by atoms with Crippen LogP contribution in [0.2, 0.25) is 0 Å². The van der Waals surface area contributed by atoms with Crippen LogP contribution in [0.3, 0.4) is 0 Å². The topological polar surface area (TPSA) is 66.8 Å². The van der Waals surface area contributed by atoms with Gasteiger partial charge in [-0.15, -0.1) is 0 Å². The monoisotopic (exact) mass is 284 g/mol. The lowest BCUT2D eigenvalue weighted by Crippen LogP contribution is -1.99. The lowest BCUT2D eigenvalue weighted by atomic mass is 10.0. The summed E-state index contributed by atoms with van der Waals surface area (Å²) in [6.07, 6.45) is 1.56. The van der Waals surface area contributed by atoms with E-state index in [-0.39, 0.29) is 11.3 Å². The molecule has 2 N–H and O–H groups in total. The zero-order valence-corrected chi connectivity index (χ0v) is 11.6. The zero-order valence-electron chi connectivity index (χ0n) is 11.6. The van der Waals surface area contributed by atoms with Crippen LogP contribution in [0.5, 0.6) is 11.5 Å². The highest BCUT2D eigenvalue weighted by atomic mass is 16.5. The van der Waals surface area contributed by atoms with Crippen LogP contribution in [-0.2, 0) is 4.79 Å². The third-order valence-electron chi connectivity index (χ3n) is 2.91. The molecule has 0 saturated heterocycles. The summed E-state index contributed by atoms with van der Waals surface area (Å²) in [6, 6.07) is 13.6. The highest BCUT2D eigenvalue weighted by molar-refractivity contribution is 6.20. The molecule has 0 aliphatic carbocycles. The molecule has 2 aromatic rings. The van der Waals surface area contributed by atoms with Crippen LogP contribution in [0.4, 0.5) is 0 Å². The molecule has 0 amide bonds. The molecule has 0 unspecified atom stereocenters. The second kappa shape index (κ2) is 6.61. The summed E-state index contributed by atoms with van der Waals surface area (Å²) in [4.78, 5) is 11.4. The number of rotatable bonds is 5. The molecule has 4 heteroatoms. The number of phenolic OH excluding ortho intramolecular Hbond substituents is 1. The van der Waals surface area contributed by atoms with Crippen molar-refractivity contribution in [3.63, 3.8) is 0 Å². The number of aliphatic carboxylic acids is 1. The largest absolute Gasteiger partial charge is 0.504 e. The molecule has 0 fully saturated rings. The molecule has 0 bridgehead atoms. The quantitative estimate of drug-likeness (QED) is 0.652. The number of hydrogen-bond acceptors (Lipinski definition) is 3. The Bertz CT molecular complexity index is 660. The Morgan fingerprint density at radius 3 is 2.52 bits per heavy atom. The molecular weight excluding hydrogens is 268 g/mol. The van der Waals surface area contributed by atoms with Crippen molar-refractivity contribution in [1.82, 2.24) is 0 Å². The highest BCUT2D eigenvalue weighted by Crippen LogP contribution is 2.29. The summed E-state index contributed by atoms with van der Waals surface area (Å²) < 4.78 is 5.30. The van der Waals surface area contributed by atoms with Gasteiger partial charge in [0.2, 0.25) is 0 Å². The van der Waals surface area contributed by atoms with E-state index in [1.807, 2.05) is 13.0 Å². The van der Waals surface area contributed by atoms with Crippen LogP contribution < -0.4 is 4.74 Å². The second-order valence-electron chi connectivity index (χ2n) is 4.39. The van der Waals surface area contributed by atoms with Gasteiger partial charge in [0.05, 0.1) is 12.2 Å². The van der Waals surface area contributed by atoms with Gasteiger partial charge in [-0.3, -0.25) is 0 Å². The van der Waals surface area contributed by atoms with Crippen molar-refractivity contribution in [2.45, 2.75) is 6.92 Å². The fourth-order valence-corrected chi connectivity index (χ4v) is 1.94. The van der Waals surface area contributed by atoms with Gasteiger partial charge in [0.1, 0.15) is 0 Å². The van der Waals surface area contributed by atoms with Gasteiger partial charge in [0, 0.05) is 0 Å². The molecular formula is C17H16O4. The zero-order chi connectivity index (χ0) is 15.2. The molecule has 0 aliphatic rings. The molecule has 2 aromatic carbocycles. The molecule has 0 aliphatic heterocycles. The van der Waals surface area contributed by atoms with Crippen LogP contribution in [0, 0.1) is 0 Å². The molecule has 108 valence electrons. The maximum atomic E-state index is 11.4. The lowest BCUT2D eigenvalue weighted by molar-refractivity contribution is -0.130. The minimum Gasteiger partial charge on any atom is -0.504 e. The Hall–Kier alpha value is -2.75. The normalized spacial score (nSPS) is 11.2. The first-order chi connectivity index (χ1) is 10.1. The molecule has 0 aromatic heterocycles. The van der Waals surface area contributed by atoms with E-state index in [4.69, 9.17) is 4.74 Å². The molecule has 4 nitrogen and oxygen atoms in total. The average Bonchev–Trinajstić information content (AvgIpc) is 2.48. The van der Waals surface area contributed by atoms with Gasteiger partial charge in [-0.1, -0.05) is 36.4 Å². The standard InChI is InChI=1S/C17H16O4/c1-2-21-16-11-12(8-9-15(16)18)10-14(17(19)20)13-6-4-3-5-7-13/h3-11,18H,2H2,1H3,(H,19,20)/b14-10+. The van der Waals surface area contributed by atoms with Gasteiger partial charge < -0.3 is 14.9 Å². The average molecular weight is 284 g/mol. The lowest BCUT2D eigenvalue weighted by Gasteiger charge is -2.07. The van der Waals surface area contributed by atoms with Gasteiger partial charge in [-0.25, -0.2) is 4.79 Å². The van der Waals surface area contributed by atoms with Gasteiger partial charge in [0.25, 0.3) is 0 Å². The summed E-state index contributed by atoms with van der Waals surface area (Å²) in [5.41, 5.74) is 1.46. The minimum absolute atomic E-state index is 0.0330. The number of benzene rings is 2. The molecule has 21 heavy (non-hydrogen) atoms. The maximum absolute atomic E-state index is 11.4. The number of carbonyl (C=O) groups is 1. The number of phenols is 1. The Balaban J connectivity index is 2.44. The first-order valence-corrected chi connectivity index (χ1v) is 6.58. The smallest absolute Gasteiger partial charge is 0.336 e. The fourth-order valence-electron chi connectivity index (χ4n) is 1.94. The summed E-state index contributed by atoms with van der Waals surface area (Å²) in [7, 11) is 0. The molecule has 0 heterocycles. The Labute approximate surface area is 122 Å². The first-order valence-electron chi connectivity index (χ1n) is 6.58. The van der Waals surface area contributed by atoms with E-state index in [0.717, 1.165) is 0 Å². The van der Waals surface area contributed by atoms with Crippen molar-refractivity contribution in [1.29, 1.82) is 0 Å². The molecule has 0 radical (unpaired) electrons. The van der Waals surface area contributed by atoms with E-state index in [2.05, 4.69) is 0 Å². The van der Waals surface area contributed by atoms with Crippen LogP contribution in [0.1, 0.15) is 18.1 Å². The van der Waals surface area contributed by atoms with Crippen molar-refractivity contribution < 1.29 is 19.7 Å². The van der Waals surface area contributed by atoms with Crippen LogP contribution in [0.15, 0.2) is 48.5 Å². The number of aromatic hydroxyl groups is 1. The predicted molar refractivity (Wildman–Crippen MR) is 81.2 cm³/mol. The van der Waals surface area contributed by atoms with Crippen LogP contribution in [0.25, 0.3) is 11.6 Å². The van der Waals surface area contributed by atoms with Gasteiger partial charge >= 0.3 is 5.97 Å². The van der Waals surface area contributed by atoms with Crippen molar-refractivity contribution in [2.75, 3.05) is 6.61 Å². The van der Waals surface area contributed by atoms with E-state index in [1.54, 1.807) is 42.5 Å². The third kappa shape index (κ3) is 3.63. The number of carboxylic acids is 1. The molecule has 0 spiro atoms. The summed E-state index contributed by atoms with van der Waals surface area (Å²) in [6.45, 7) is 2.24. The van der Waals surface area contributed by atoms with Gasteiger partial charge in [-0.2, -0.15) is 0 Å². The fraction of sp³-hybridized carbons (Fsp3) is 0.118. The van der Waals surface area contributed by atoms with E-state index in [9.17, 15) is 15.0 Å². The summed E-state index contributed by atoms with van der Waals surface area (Å²) in [5.74, 6) is -0.637. The SMILES string of the molecule is CCOc1cc(/C=C(/C(=O)O)c2ccccc2)ccc1O. The number of carboxylic acid groups (broad SMARTS) is 1. The van der Waals surface area contributed by atoms with Gasteiger partial charge in [-0.05, 0) is 36.3 Å². The van der Waals surface area contributed by atoms with Crippen LogP contribution >= 0.6 is 0 Å². The minimum atomic E-state index is -1.01. The predicted octanol–water partition coefficient (Wildman–Crippen LogP) is 3.42. The number of ether oxygens (including phenoxy) is 1. The van der Waals surface area contributed by atoms with Crippen molar-refractivity contribution in [2.24, 2.45) is 0 Å². The Kier molecular flexibility index (Phi) is 4.61. The van der Waals surface area contributed by atoms with Crippen molar-refractivity contribution in [3.05, 3.63) is 59.7 Å². The third-order valence-corrected chi connectivity index (χ3v) is 2.91. The van der Waals surface area contributed by atoms with Crippen LogP contribution in [-0.4, -0.2) is 22.8 Å².